The molecule has 5 nitrogen and oxygen atoms in total. The van der Waals surface area contributed by atoms with Gasteiger partial charge < -0.3 is 6.53 Å². The Kier molecular flexibility index (Phi) is 6.80. The van der Waals surface area contributed by atoms with Crippen LogP contribution in [0.5, 0.6) is 0 Å². The number of hydrogen-bond donors (Lipinski definition) is 1. The number of halogens is 4. The van der Waals surface area contributed by atoms with Crippen LogP contribution in [0.15, 0.2) is 66.7 Å². The number of alkyl halides is 3. The van der Waals surface area contributed by atoms with Crippen molar-refractivity contribution in [3.05, 3.63) is 88.4 Å². The van der Waals surface area contributed by atoms with E-state index in [0.717, 1.165) is 16.8 Å². The quantitative estimate of drug-likeness (QED) is 0.469. The van der Waals surface area contributed by atoms with Crippen LogP contribution in [0, 0.1) is 0 Å². The molecule has 1 heterocycles. The second kappa shape index (κ2) is 9.07. The van der Waals surface area contributed by atoms with Crippen LogP contribution < -0.4 is 29.6 Å². The molecule has 3 aromatic carbocycles. The minimum atomic E-state index is -4.78. The average molecular weight is 469 g/mol. The van der Waals surface area contributed by atoms with E-state index >= 15 is 0 Å². The molecule has 0 atom stereocenters. The maximum atomic E-state index is 13.5. The molecule has 0 radical (unpaired) electrons. The molecule has 4 rings (SSSR count). The molecule has 0 fully saturated rings. The van der Waals surface area contributed by atoms with Gasteiger partial charge in [0, 0.05) is 10.9 Å². The van der Waals surface area contributed by atoms with Gasteiger partial charge in [-0.25, -0.2) is 4.79 Å². The molecular weight excluding hydrogens is 456 g/mol. The third kappa shape index (κ3) is 4.31. The summed E-state index contributed by atoms with van der Waals surface area (Å²) in [5.41, 5.74) is -0.675. The Balaban J connectivity index is 0.00000193. The predicted molar refractivity (Wildman–Crippen MR) is 109 cm³/mol. The van der Waals surface area contributed by atoms with Crippen molar-refractivity contribution in [2.45, 2.75) is 6.18 Å². The molecule has 0 amide bonds. The Morgan fingerprint density at radius 3 is 2.25 bits per heavy atom. The van der Waals surface area contributed by atoms with Gasteiger partial charge in [0.2, 0.25) is 0 Å². The van der Waals surface area contributed by atoms with E-state index in [2.05, 4.69) is 5.10 Å². The SMILES string of the molecule is O=C(O)c1ccc(-c2nn(C(=O)c3c(Cl)cccc3C(F)(F)F)c3ccccc23)cc1.[H-].[Na+]. The summed E-state index contributed by atoms with van der Waals surface area (Å²) in [6.07, 6.45) is -4.78. The van der Waals surface area contributed by atoms with Crippen LogP contribution in [-0.2, 0) is 6.18 Å². The monoisotopic (exact) mass is 468 g/mol. The number of carbonyl (C=O) groups is 2. The second-order valence-electron chi connectivity index (χ2n) is 6.63. The van der Waals surface area contributed by atoms with Crippen LogP contribution in [0.25, 0.3) is 22.2 Å². The fraction of sp³-hybridized carbons (Fsp3) is 0.0455. The first-order chi connectivity index (χ1) is 14.7. The van der Waals surface area contributed by atoms with Gasteiger partial charge in [0.25, 0.3) is 5.91 Å². The molecule has 1 N–H and O–H groups in total. The van der Waals surface area contributed by atoms with E-state index < -0.39 is 29.2 Å². The minimum Gasteiger partial charge on any atom is -1.00 e. The van der Waals surface area contributed by atoms with E-state index in [1.54, 1.807) is 24.3 Å². The van der Waals surface area contributed by atoms with E-state index in [9.17, 15) is 22.8 Å². The number of aromatic carboxylic acids is 1. The molecule has 0 aliphatic rings. The zero-order valence-corrected chi connectivity index (χ0v) is 19.3. The predicted octanol–water partition coefficient (Wildman–Crippen LogP) is 2.88. The fourth-order valence-corrected chi connectivity index (χ4v) is 3.54. The normalized spacial score (nSPS) is 11.2. The van der Waals surface area contributed by atoms with Crippen molar-refractivity contribution in [3.63, 3.8) is 0 Å². The first kappa shape index (κ1) is 24.0. The third-order valence-electron chi connectivity index (χ3n) is 4.72. The minimum absolute atomic E-state index is 0. The van der Waals surface area contributed by atoms with Crippen LogP contribution in [-0.4, -0.2) is 26.8 Å². The second-order valence-corrected chi connectivity index (χ2v) is 7.03. The number of benzene rings is 3. The Hall–Kier alpha value is -2.65. The molecule has 0 bridgehead atoms. The zero-order valence-electron chi connectivity index (χ0n) is 17.5. The largest absolute Gasteiger partial charge is 1.00 e. The number of rotatable bonds is 3. The Morgan fingerprint density at radius 2 is 1.62 bits per heavy atom. The number of fused-ring (bicyclic) bond motifs is 1. The van der Waals surface area contributed by atoms with Crippen molar-refractivity contribution in [2.24, 2.45) is 0 Å². The number of hydrogen-bond acceptors (Lipinski definition) is 3. The summed E-state index contributed by atoms with van der Waals surface area (Å²) in [6.45, 7) is 0. The van der Waals surface area contributed by atoms with Gasteiger partial charge in [0.1, 0.15) is 5.69 Å². The van der Waals surface area contributed by atoms with Crippen molar-refractivity contribution in [2.75, 3.05) is 0 Å². The molecule has 0 saturated carbocycles. The number of carboxylic acid groups (broad SMARTS) is 1. The van der Waals surface area contributed by atoms with E-state index in [-0.39, 0.29) is 47.1 Å². The Bertz CT molecular complexity index is 1340. The first-order valence-electron chi connectivity index (χ1n) is 8.90. The Morgan fingerprint density at radius 1 is 0.969 bits per heavy atom. The number of para-hydroxylation sites is 1. The van der Waals surface area contributed by atoms with E-state index in [1.807, 2.05) is 0 Å². The maximum absolute atomic E-state index is 13.5. The maximum Gasteiger partial charge on any atom is 1.00 e. The van der Waals surface area contributed by atoms with Crippen molar-refractivity contribution in [1.29, 1.82) is 0 Å². The summed E-state index contributed by atoms with van der Waals surface area (Å²) < 4.78 is 41.4. The van der Waals surface area contributed by atoms with Gasteiger partial charge in [-0.2, -0.15) is 23.0 Å². The smallest absolute Gasteiger partial charge is 1.00 e. The van der Waals surface area contributed by atoms with Crippen LogP contribution >= 0.6 is 11.6 Å². The van der Waals surface area contributed by atoms with Crippen molar-refractivity contribution in [3.8, 4) is 11.3 Å². The molecule has 0 spiro atoms. The number of nitrogens with zero attached hydrogens (tertiary/aromatic N) is 2. The summed E-state index contributed by atoms with van der Waals surface area (Å²) in [5.74, 6) is -2.13. The molecule has 10 heteroatoms. The molecule has 158 valence electrons. The van der Waals surface area contributed by atoms with Gasteiger partial charge in [0.15, 0.2) is 0 Å². The average Bonchev–Trinajstić information content (AvgIpc) is 3.12. The van der Waals surface area contributed by atoms with Gasteiger partial charge in [-0.3, -0.25) is 4.79 Å². The molecular formula is C22H13ClF3N2NaO3. The molecule has 1 aromatic heterocycles. The zero-order chi connectivity index (χ0) is 22.3. The van der Waals surface area contributed by atoms with Gasteiger partial charge in [-0.1, -0.05) is 48.0 Å². The van der Waals surface area contributed by atoms with Crippen molar-refractivity contribution in [1.82, 2.24) is 9.78 Å². The first-order valence-corrected chi connectivity index (χ1v) is 9.28. The molecule has 0 aliphatic carbocycles. The molecule has 0 unspecified atom stereocenters. The number of aromatic nitrogens is 2. The summed E-state index contributed by atoms with van der Waals surface area (Å²) in [6, 6.07) is 15.5. The summed E-state index contributed by atoms with van der Waals surface area (Å²) in [5, 5.41) is 13.5. The van der Waals surface area contributed by atoms with Crippen molar-refractivity contribution < 1.29 is 58.9 Å². The Labute approximate surface area is 208 Å². The topological polar surface area (TPSA) is 72.2 Å². The molecule has 32 heavy (non-hydrogen) atoms. The fourth-order valence-electron chi connectivity index (χ4n) is 3.29. The number of carbonyl (C=O) groups excluding carboxylic acids is 1. The standard InChI is InChI=1S/C22H12ClF3N2O3.Na.H/c23-16-6-3-5-15(22(24,25)26)18(16)20(29)28-17-7-2-1-4-14(17)19(27-28)12-8-10-13(11-9-12)21(30)31;;/h1-11H,(H,30,31);;/q;+1;-1. The van der Waals surface area contributed by atoms with E-state index in [1.165, 1.54) is 30.3 Å². The van der Waals surface area contributed by atoms with E-state index in [0.29, 0.717) is 16.6 Å². The van der Waals surface area contributed by atoms with Gasteiger partial charge in [0.05, 0.1) is 27.2 Å². The summed E-state index contributed by atoms with van der Waals surface area (Å²) >= 11 is 5.98. The van der Waals surface area contributed by atoms with Crippen LogP contribution in [0.2, 0.25) is 5.02 Å². The van der Waals surface area contributed by atoms with Crippen LogP contribution in [0.3, 0.4) is 0 Å². The third-order valence-corrected chi connectivity index (χ3v) is 5.03. The summed E-state index contributed by atoms with van der Waals surface area (Å²) in [7, 11) is 0. The van der Waals surface area contributed by atoms with Crippen LogP contribution in [0.1, 0.15) is 27.7 Å². The van der Waals surface area contributed by atoms with Gasteiger partial charge in [-0.15, -0.1) is 0 Å². The number of carboxylic acids is 1. The summed E-state index contributed by atoms with van der Waals surface area (Å²) in [4.78, 5) is 24.3. The molecule has 0 aliphatic heterocycles. The van der Waals surface area contributed by atoms with Crippen LogP contribution in [0.4, 0.5) is 13.2 Å². The van der Waals surface area contributed by atoms with Crippen molar-refractivity contribution >= 4 is 34.4 Å². The van der Waals surface area contributed by atoms with Gasteiger partial charge in [-0.05, 0) is 30.3 Å². The molecule has 4 aromatic rings. The van der Waals surface area contributed by atoms with E-state index in [4.69, 9.17) is 16.7 Å². The molecule has 0 saturated heterocycles. The van der Waals surface area contributed by atoms with Gasteiger partial charge >= 0.3 is 41.7 Å².